The second-order valence-electron chi connectivity index (χ2n) is 8.02. The zero-order valence-electron chi connectivity index (χ0n) is 16.6. The number of carbonyl (C=O) groups excluding carboxylic acids is 1. The molecule has 0 saturated carbocycles. The quantitative estimate of drug-likeness (QED) is 0.741. The summed E-state index contributed by atoms with van der Waals surface area (Å²) in [6.45, 7) is 2.17. The fourth-order valence-electron chi connectivity index (χ4n) is 4.42. The zero-order chi connectivity index (χ0) is 21.6. The molecular formula is C22H21F3N2O4. The molecule has 164 valence electrons. The van der Waals surface area contributed by atoms with Gasteiger partial charge in [0.2, 0.25) is 12.7 Å². The summed E-state index contributed by atoms with van der Waals surface area (Å²) in [5.74, 6) is 1.23. The average Bonchev–Trinajstić information content (AvgIpc) is 3.36. The maximum Gasteiger partial charge on any atom is 0.416 e. The Morgan fingerprint density at radius 2 is 1.77 bits per heavy atom. The monoisotopic (exact) mass is 434 g/mol. The van der Waals surface area contributed by atoms with Crippen molar-refractivity contribution in [2.24, 2.45) is 0 Å². The van der Waals surface area contributed by atoms with Crippen LogP contribution in [-0.2, 0) is 28.8 Å². The van der Waals surface area contributed by atoms with E-state index in [2.05, 4.69) is 4.90 Å². The van der Waals surface area contributed by atoms with Crippen LogP contribution >= 0.6 is 0 Å². The van der Waals surface area contributed by atoms with E-state index in [1.165, 1.54) is 6.07 Å². The lowest BCUT2D eigenvalue weighted by atomic mass is 10.1. The van der Waals surface area contributed by atoms with Crippen LogP contribution in [0.2, 0.25) is 0 Å². The highest BCUT2D eigenvalue weighted by Gasteiger charge is 2.43. The van der Waals surface area contributed by atoms with Gasteiger partial charge in [-0.25, -0.2) is 0 Å². The molecule has 5 rings (SSSR count). The van der Waals surface area contributed by atoms with Gasteiger partial charge in [0.25, 0.3) is 0 Å². The third-order valence-corrected chi connectivity index (χ3v) is 5.90. The Hall–Kier alpha value is -2.78. The summed E-state index contributed by atoms with van der Waals surface area (Å²) in [5, 5.41) is 0. The van der Waals surface area contributed by atoms with Crippen molar-refractivity contribution in [3.05, 3.63) is 59.2 Å². The molecule has 2 saturated heterocycles. The Bertz CT molecular complexity index is 997. The van der Waals surface area contributed by atoms with Crippen molar-refractivity contribution in [3.8, 4) is 11.5 Å². The molecule has 0 bridgehead atoms. The second-order valence-corrected chi connectivity index (χ2v) is 8.02. The highest BCUT2D eigenvalue weighted by atomic mass is 19.4. The van der Waals surface area contributed by atoms with Gasteiger partial charge < -0.3 is 19.1 Å². The molecule has 2 fully saturated rings. The molecule has 2 unspecified atom stereocenters. The highest BCUT2D eigenvalue weighted by molar-refractivity contribution is 5.78. The molecule has 2 aromatic carbocycles. The van der Waals surface area contributed by atoms with Crippen LogP contribution in [0.1, 0.15) is 16.7 Å². The third-order valence-electron chi connectivity index (χ3n) is 5.90. The van der Waals surface area contributed by atoms with Crippen molar-refractivity contribution < 1.29 is 32.2 Å². The van der Waals surface area contributed by atoms with Gasteiger partial charge in [-0.3, -0.25) is 9.69 Å². The lowest BCUT2D eigenvalue weighted by Gasteiger charge is -2.37. The van der Waals surface area contributed by atoms with E-state index in [1.54, 1.807) is 11.0 Å². The number of halogens is 3. The minimum absolute atomic E-state index is 0.0575. The van der Waals surface area contributed by atoms with Crippen molar-refractivity contribution in [1.82, 2.24) is 9.80 Å². The van der Waals surface area contributed by atoms with Gasteiger partial charge in [0.1, 0.15) is 6.61 Å². The Morgan fingerprint density at radius 1 is 0.968 bits per heavy atom. The van der Waals surface area contributed by atoms with Crippen LogP contribution in [0.25, 0.3) is 0 Å². The summed E-state index contributed by atoms with van der Waals surface area (Å²) < 4.78 is 55.7. The smallest absolute Gasteiger partial charge is 0.416 e. The zero-order valence-corrected chi connectivity index (χ0v) is 16.6. The maximum atomic E-state index is 13.1. The summed E-state index contributed by atoms with van der Waals surface area (Å²) >= 11 is 0. The number of nitrogens with zero attached hydrogens (tertiary/aromatic N) is 2. The standard InChI is InChI=1S/C22H21F3N2O4/c23-22(24,25)16-3-1-2-14(6-16)9-27-17-10-26(11-20(17)29-12-21(27)28)8-15-4-5-18-19(7-15)31-13-30-18/h1-7,17,20H,8-13H2. The number of carbonyl (C=O) groups is 1. The maximum absolute atomic E-state index is 13.1. The molecule has 0 radical (unpaired) electrons. The van der Waals surface area contributed by atoms with Gasteiger partial charge in [0.05, 0.1) is 17.7 Å². The molecule has 2 aromatic rings. The van der Waals surface area contributed by atoms with E-state index < -0.39 is 11.7 Å². The molecule has 6 nitrogen and oxygen atoms in total. The van der Waals surface area contributed by atoms with Crippen molar-refractivity contribution in [1.29, 1.82) is 0 Å². The first-order valence-electron chi connectivity index (χ1n) is 10.0. The van der Waals surface area contributed by atoms with Crippen molar-refractivity contribution >= 4 is 5.91 Å². The fourth-order valence-corrected chi connectivity index (χ4v) is 4.42. The van der Waals surface area contributed by atoms with Crippen molar-refractivity contribution in [2.45, 2.75) is 31.4 Å². The molecule has 0 aliphatic carbocycles. The molecule has 0 aromatic heterocycles. The Labute approximate surface area is 177 Å². The number of fused-ring (bicyclic) bond motifs is 2. The van der Waals surface area contributed by atoms with Crippen molar-refractivity contribution in [2.75, 3.05) is 26.5 Å². The Kier molecular flexibility index (Phi) is 5.02. The average molecular weight is 434 g/mol. The van der Waals surface area contributed by atoms with E-state index in [0.717, 1.165) is 23.4 Å². The normalized spacial score (nSPS) is 23.3. The molecule has 3 aliphatic heterocycles. The van der Waals surface area contributed by atoms with Crippen LogP contribution in [0.3, 0.4) is 0 Å². The van der Waals surface area contributed by atoms with Crippen LogP contribution in [-0.4, -0.2) is 54.3 Å². The molecule has 3 aliphatic rings. The molecule has 31 heavy (non-hydrogen) atoms. The second kappa shape index (κ2) is 7.72. The predicted molar refractivity (Wildman–Crippen MR) is 103 cm³/mol. The number of likely N-dealkylation sites (tertiary alicyclic amines) is 1. The number of hydrogen-bond acceptors (Lipinski definition) is 5. The first-order valence-corrected chi connectivity index (χ1v) is 10.0. The number of hydrogen-bond donors (Lipinski definition) is 0. The van der Waals surface area contributed by atoms with E-state index in [1.807, 2.05) is 18.2 Å². The van der Waals surface area contributed by atoms with Crippen LogP contribution in [0.5, 0.6) is 11.5 Å². The SMILES string of the molecule is O=C1COC2CN(Cc3ccc4c(c3)OCO4)CC2N1Cc1cccc(C(F)(F)F)c1. The van der Waals surface area contributed by atoms with Gasteiger partial charge in [-0.1, -0.05) is 18.2 Å². The minimum Gasteiger partial charge on any atom is -0.454 e. The van der Waals surface area contributed by atoms with E-state index in [0.29, 0.717) is 30.9 Å². The highest BCUT2D eigenvalue weighted by Crippen LogP contribution is 2.34. The fraction of sp³-hybridized carbons (Fsp3) is 0.409. The predicted octanol–water partition coefficient (Wildman–Crippen LogP) is 3.05. The first kappa shape index (κ1) is 20.1. The minimum atomic E-state index is -4.41. The van der Waals surface area contributed by atoms with Crippen LogP contribution in [0.4, 0.5) is 13.2 Å². The number of amides is 1. The van der Waals surface area contributed by atoms with Gasteiger partial charge >= 0.3 is 6.18 Å². The lowest BCUT2D eigenvalue weighted by Crippen LogP contribution is -2.53. The molecule has 2 atom stereocenters. The number of rotatable bonds is 4. The van der Waals surface area contributed by atoms with Crippen molar-refractivity contribution in [3.63, 3.8) is 0 Å². The Balaban J connectivity index is 1.30. The summed E-state index contributed by atoms with van der Waals surface area (Å²) in [6, 6.07) is 10.7. The van der Waals surface area contributed by atoms with Gasteiger partial charge in [-0.05, 0) is 35.4 Å². The topological polar surface area (TPSA) is 51.2 Å². The summed E-state index contributed by atoms with van der Waals surface area (Å²) in [7, 11) is 0. The first-order chi connectivity index (χ1) is 14.9. The third kappa shape index (κ3) is 4.07. The largest absolute Gasteiger partial charge is 0.454 e. The van der Waals surface area contributed by atoms with E-state index in [4.69, 9.17) is 14.2 Å². The molecule has 0 spiro atoms. The molecule has 9 heteroatoms. The number of alkyl halides is 3. The van der Waals surface area contributed by atoms with Gasteiger partial charge in [-0.2, -0.15) is 13.2 Å². The van der Waals surface area contributed by atoms with Crippen LogP contribution in [0.15, 0.2) is 42.5 Å². The van der Waals surface area contributed by atoms with E-state index in [9.17, 15) is 18.0 Å². The number of morpholine rings is 1. The van der Waals surface area contributed by atoms with Gasteiger partial charge in [0, 0.05) is 26.2 Å². The molecule has 1 amide bonds. The van der Waals surface area contributed by atoms with Crippen LogP contribution in [0, 0.1) is 0 Å². The molecule has 0 N–H and O–H groups in total. The number of benzene rings is 2. The Morgan fingerprint density at radius 3 is 2.61 bits per heavy atom. The summed E-state index contributed by atoms with van der Waals surface area (Å²) in [5.41, 5.74) is 0.801. The molecule has 3 heterocycles. The van der Waals surface area contributed by atoms with Crippen LogP contribution < -0.4 is 9.47 Å². The number of ether oxygens (including phenoxy) is 3. The lowest BCUT2D eigenvalue weighted by molar-refractivity contribution is -0.153. The summed E-state index contributed by atoms with van der Waals surface area (Å²) in [4.78, 5) is 16.4. The van der Waals surface area contributed by atoms with Gasteiger partial charge in [0.15, 0.2) is 11.5 Å². The van der Waals surface area contributed by atoms with E-state index in [-0.39, 0.29) is 38.0 Å². The van der Waals surface area contributed by atoms with Gasteiger partial charge in [-0.15, -0.1) is 0 Å². The summed E-state index contributed by atoms with van der Waals surface area (Å²) in [6.07, 6.45) is -4.58. The molecular weight excluding hydrogens is 413 g/mol. The van der Waals surface area contributed by atoms with E-state index >= 15 is 0 Å².